The first kappa shape index (κ1) is 14.0. The fourth-order valence-corrected chi connectivity index (χ4v) is 2.51. The van der Waals surface area contributed by atoms with Crippen molar-refractivity contribution in [3.8, 4) is 5.82 Å². The van der Waals surface area contributed by atoms with Gasteiger partial charge in [0.2, 0.25) is 0 Å². The Morgan fingerprint density at radius 3 is 2.71 bits per heavy atom. The molecule has 0 spiro atoms. The molecule has 4 rings (SSSR count). The number of fused-ring (bicyclic) bond motifs is 1. The van der Waals surface area contributed by atoms with E-state index in [0.29, 0.717) is 17.9 Å². The van der Waals surface area contributed by atoms with Crippen LogP contribution < -0.4 is 10.2 Å². The number of aromatic nitrogens is 4. The number of carbonyl (C=O) groups excluding carboxylic acids is 1. The van der Waals surface area contributed by atoms with Gasteiger partial charge in [0, 0.05) is 23.3 Å². The van der Waals surface area contributed by atoms with Crippen LogP contribution in [0.5, 0.6) is 0 Å². The van der Waals surface area contributed by atoms with Gasteiger partial charge in [-0.3, -0.25) is 4.79 Å². The van der Waals surface area contributed by atoms with E-state index in [1.165, 1.54) is 0 Å². The van der Waals surface area contributed by atoms with Crippen molar-refractivity contribution in [3.63, 3.8) is 0 Å². The molecule has 0 unspecified atom stereocenters. The molecule has 2 aromatic heterocycles. The second-order valence-electron chi connectivity index (χ2n) is 4.89. The summed E-state index contributed by atoms with van der Waals surface area (Å²) in [6.07, 6.45) is 5.02. The van der Waals surface area contributed by atoms with Crippen LogP contribution in [0.15, 0.2) is 18.3 Å². The van der Waals surface area contributed by atoms with Crippen LogP contribution in [0.2, 0.25) is 0 Å². The van der Waals surface area contributed by atoms with Gasteiger partial charge in [0.15, 0.2) is 5.82 Å². The van der Waals surface area contributed by atoms with E-state index < -0.39 is 0 Å². The molecule has 0 aromatic carbocycles. The number of hydrogen-bond donors (Lipinski definition) is 1. The third kappa shape index (κ3) is 2.41. The summed E-state index contributed by atoms with van der Waals surface area (Å²) in [6, 6.07) is 3.81. The van der Waals surface area contributed by atoms with Crippen molar-refractivity contribution < 1.29 is 21.9 Å². The number of carbonyl (C=O) groups is 1. The van der Waals surface area contributed by atoms with Gasteiger partial charge in [-0.05, 0) is 18.7 Å². The number of amides is 1. The normalized spacial score (nSPS) is 16.6. The number of hydrogen-bond acceptors (Lipinski definition) is 5. The number of nitrogens with one attached hydrogen (secondary N) is 1. The molecule has 1 fully saturated rings. The predicted molar refractivity (Wildman–Crippen MR) is 71.5 cm³/mol. The molecule has 21 heavy (non-hydrogen) atoms. The molecule has 0 aliphatic carbocycles. The quantitative estimate of drug-likeness (QED) is 0.636. The number of rotatable bonds is 2. The molecular weight excluding hydrogens is 312 g/mol. The summed E-state index contributed by atoms with van der Waals surface area (Å²) in [7, 11) is 0. The van der Waals surface area contributed by atoms with Gasteiger partial charge in [0.25, 0.3) is 5.91 Å². The smallest absolute Gasteiger partial charge is 0.255 e. The maximum atomic E-state index is 11.5. The summed E-state index contributed by atoms with van der Waals surface area (Å²) in [6.45, 7) is 2.39. The second-order valence-corrected chi connectivity index (χ2v) is 4.89. The minimum absolute atomic E-state index is 0. The number of anilines is 1. The summed E-state index contributed by atoms with van der Waals surface area (Å²) in [5.74, 6) is 1.42. The van der Waals surface area contributed by atoms with Gasteiger partial charge in [-0.1, -0.05) is 0 Å². The van der Waals surface area contributed by atoms with Crippen molar-refractivity contribution in [3.05, 3.63) is 36.0 Å². The van der Waals surface area contributed by atoms with Gasteiger partial charge in [-0.2, -0.15) is 11.5 Å². The van der Waals surface area contributed by atoms with E-state index in [2.05, 4.69) is 31.9 Å². The summed E-state index contributed by atoms with van der Waals surface area (Å²) in [5.41, 5.74) is 1.38. The van der Waals surface area contributed by atoms with Gasteiger partial charge in [0.05, 0.1) is 17.8 Å². The van der Waals surface area contributed by atoms with E-state index >= 15 is 0 Å². The summed E-state index contributed by atoms with van der Waals surface area (Å²) < 4.78 is 1.61. The van der Waals surface area contributed by atoms with E-state index in [0.717, 1.165) is 31.0 Å². The Bertz CT molecular complexity index is 662. The minimum Gasteiger partial charge on any atom is -0.387 e. The average Bonchev–Trinajstić information content (AvgIpc) is 3.18. The third-order valence-corrected chi connectivity index (χ3v) is 3.60. The fourth-order valence-electron chi connectivity index (χ4n) is 2.51. The zero-order valence-corrected chi connectivity index (χ0v) is 12.2. The van der Waals surface area contributed by atoms with E-state index in [4.69, 9.17) is 0 Å². The molecule has 2 aliphatic heterocycles. The first-order chi connectivity index (χ1) is 9.81. The molecule has 1 N–H and O–H groups in total. The Kier molecular flexibility index (Phi) is 3.65. The van der Waals surface area contributed by atoms with Crippen LogP contribution >= 0.6 is 0 Å². The van der Waals surface area contributed by atoms with Crippen molar-refractivity contribution in [1.29, 1.82) is 0 Å². The molecule has 0 saturated carbocycles. The molecule has 0 radical (unpaired) electrons. The maximum absolute atomic E-state index is 11.5. The maximum Gasteiger partial charge on any atom is 0.255 e. The minimum atomic E-state index is -0.0802. The Morgan fingerprint density at radius 1 is 1.24 bits per heavy atom. The van der Waals surface area contributed by atoms with Crippen molar-refractivity contribution in [1.82, 2.24) is 25.3 Å². The Morgan fingerprint density at radius 2 is 2.05 bits per heavy atom. The summed E-state index contributed by atoms with van der Waals surface area (Å²) in [4.78, 5) is 13.7. The first-order valence-electron chi connectivity index (χ1n) is 6.59. The molecule has 2 aliphatic rings. The monoisotopic (exact) mass is 325 g/mol. The van der Waals surface area contributed by atoms with Gasteiger partial charge in [-0.25, -0.2) is 4.68 Å². The van der Waals surface area contributed by atoms with Crippen molar-refractivity contribution in [2.24, 2.45) is 0 Å². The molecule has 7 nitrogen and oxygen atoms in total. The average molecular weight is 325 g/mol. The van der Waals surface area contributed by atoms with Crippen molar-refractivity contribution in [2.75, 3.05) is 18.0 Å². The molecule has 0 bridgehead atoms. The molecule has 4 heterocycles. The molecule has 1 amide bonds. The molecular formula is C13H13FeN6O-. The molecule has 110 valence electrons. The molecule has 8 heteroatoms. The van der Waals surface area contributed by atoms with Crippen LogP contribution in [0.25, 0.3) is 5.82 Å². The van der Waals surface area contributed by atoms with Gasteiger partial charge in [0.1, 0.15) is 5.82 Å². The van der Waals surface area contributed by atoms with Gasteiger partial charge >= 0.3 is 0 Å². The van der Waals surface area contributed by atoms with E-state index in [1.54, 1.807) is 10.9 Å². The van der Waals surface area contributed by atoms with Crippen LogP contribution in [-0.4, -0.2) is 39.0 Å². The van der Waals surface area contributed by atoms with Gasteiger partial charge in [-0.15, -0.1) is 16.7 Å². The fraction of sp³-hybridized carbons (Fsp3) is 0.308. The standard InChI is InChI=1S/C13H13N6O.Fe/c20-13-9-8-19(17-10(9)7-14-13)12-4-3-11(15-16-12)18-5-1-2-6-18;/h1,3-4,8H,2,5-7H2,(H,14,20);/q-1;. The summed E-state index contributed by atoms with van der Waals surface area (Å²) in [5, 5.41) is 15.5. The third-order valence-electron chi connectivity index (χ3n) is 3.60. The summed E-state index contributed by atoms with van der Waals surface area (Å²) >= 11 is 0. The van der Waals surface area contributed by atoms with Crippen LogP contribution in [0.1, 0.15) is 22.5 Å². The zero-order valence-electron chi connectivity index (χ0n) is 11.1. The zero-order chi connectivity index (χ0) is 13.5. The molecule has 0 atom stereocenters. The van der Waals surface area contributed by atoms with Crippen LogP contribution in [-0.2, 0) is 23.6 Å². The topological polar surface area (TPSA) is 75.9 Å². The second kappa shape index (κ2) is 5.46. The first-order valence-corrected chi connectivity index (χ1v) is 6.59. The Balaban J connectivity index is 0.00000132. The Labute approximate surface area is 132 Å². The molecule has 1 saturated heterocycles. The largest absolute Gasteiger partial charge is 0.387 e. The van der Waals surface area contributed by atoms with Crippen LogP contribution in [0.4, 0.5) is 5.82 Å². The van der Waals surface area contributed by atoms with Crippen molar-refractivity contribution in [2.45, 2.75) is 13.0 Å². The van der Waals surface area contributed by atoms with E-state index in [-0.39, 0.29) is 23.0 Å². The van der Waals surface area contributed by atoms with Gasteiger partial charge < -0.3 is 16.6 Å². The SMILES string of the molecule is O=C1NCc2nn(-c3ccc(N4C[CH-]CC4)nn3)cc21.[Fe]. The molecule has 2 aromatic rings. The number of nitrogens with zero attached hydrogens (tertiary/aromatic N) is 5. The Hall–Kier alpha value is -1.92. The predicted octanol–water partition coefficient (Wildman–Crippen LogP) is 0.318. The van der Waals surface area contributed by atoms with Crippen LogP contribution in [0, 0.1) is 6.42 Å². The van der Waals surface area contributed by atoms with E-state index in [1.807, 2.05) is 12.1 Å². The van der Waals surface area contributed by atoms with Crippen molar-refractivity contribution >= 4 is 11.7 Å². The van der Waals surface area contributed by atoms with Crippen LogP contribution in [0.3, 0.4) is 0 Å². The van der Waals surface area contributed by atoms with E-state index in [9.17, 15) is 4.79 Å².